The Kier molecular flexibility index (Phi) is 5.93. The second-order valence-electron chi connectivity index (χ2n) is 4.54. The van der Waals surface area contributed by atoms with Crippen LogP contribution >= 0.6 is 11.3 Å². The number of nitrogens with two attached hydrogens (primary N) is 1. The molecule has 2 heterocycles. The van der Waals surface area contributed by atoms with Gasteiger partial charge in [0.05, 0.1) is 12.7 Å². The van der Waals surface area contributed by atoms with E-state index in [1.807, 2.05) is 11.4 Å². The zero-order chi connectivity index (χ0) is 12.6. The summed E-state index contributed by atoms with van der Waals surface area (Å²) in [5.41, 5.74) is 6.70. The van der Waals surface area contributed by atoms with Crippen molar-refractivity contribution in [2.75, 3.05) is 32.1 Å². The molecule has 0 bridgehead atoms. The van der Waals surface area contributed by atoms with Crippen LogP contribution in [0.5, 0.6) is 0 Å². The van der Waals surface area contributed by atoms with Crippen molar-refractivity contribution in [2.24, 2.45) is 0 Å². The summed E-state index contributed by atoms with van der Waals surface area (Å²) in [6.45, 7) is 4.26. The molecule has 0 radical (unpaired) electrons. The fraction of sp³-hybridized carbons (Fsp3) is 0.692. The number of nitrogen functional groups attached to an aromatic ring is 1. The Hall–Kier alpha value is -0.620. The molecule has 5 heteroatoms. The lowest BCUT2D eigenvalue weighted by Gasteiger charge is -2.10. The van der Waals surface area contributed by atoms with E-state index in [0.717, 1.165) is 51.4 Å². The molecule has 0 spiro atoms. The normalized spacial score (nSPS) is 19.4. The Labute approximate surface area is 112 Å². The van der Waals surface area contributed by atoms with Crippen molar-refractivity contribution >= 4 is 17.0 Å². The first-order chi connectivity index (χ1) is 8.86. The highest BCUT2D eigenvalue weighted by molar-refractivity contribution is 7.10. The van der Waals surface area contributed by atoms with Crippen molar-refractivity contribution < 1.29 is 9.47 Å². The quantitative estimate of drug-likeness (QED) is 0.710. The molecule has 1 aliphatic heterocycles. The standard InChI is InChI=1S/C13H22N2O2S/c14-12-4-8-18-13(12)9-15-5-2-6-16-10-11-3-1-7-17-11/h4,8,11,15H,1-3,5-7,9-10,14H2. The predicted octanol–water partition coefficient (Wildman–Crippen LogP) is 2.01. The van der Waals surface area contributed by atoms with Crippen LogP contribution in [-0.2, 0) is 16.0 Å². The largest absolute Gasteiger partial charge is 0.398 e. The minimum atomic E-state index is 0.337. The van der Waals surface area contributed by atoms with Crippen LogP contribution < -0.4 is 11.1 Å². The summed E-state index contributed by atoms with van der Waals surface area (Å²) >= 11 is 1.70. The van der Waals surface area contributed by atoms with Crippen molar-refractivity contribution in [2.45, 2.75) is 31.9 Å². The van der Waals surface area contributed by atoms with E-state index in [1.165, 1.54) is 11.3 Å². The van der Waals surface area contributed by atoms with E-state index in [1.54, 1.807) is 11.3 Å². The minimum absolute atomic E-state index is 0.337. The molecule has 0 aromatic carbocycles. The van der Waals surface area contributed by atoms with Gasteiger partial charge < -0.3 is 20.5 Å². The third-order valence-corrected chi connectivity index (χ3v) is 3.97. The van der Waals surface area contributed by atoms with Crippen molar-refractivity contribution in [3.63, 3.8) is 0 Å². The molecule has 0 saturated carbocycles. The van der Waals surface area contributed by atoms with Crippen LogP contribution in [0.1, 0.15) is 24.1 Å². The van der Waals surface area contributed by atoms with Crippen LogP contribution in [0.4, 0.5) is 5.69 Å². The Morgan fingerprint density at radius 2 is 2.50 bits per heavy atom. The van der Waals surface area contributed by atoms with Crippen LogP contribution in [0.15, 0.2) is 11.4 Å². The van der Waals surface area contributed by atoms with Gasteiger partial charge in [-0.1, -0.05) is 0 Å². The maximum absolute atomic E-state index is 5.80. The van der Waals surface area contributed by atoms with E-state index in [9.17, 15) is 0 Å². The summed E-state index contributed by atoms with van der Waals surface area (Å²) in [6, 6.07) is 1.95. The van der Waals surface area contributed by atoms with Gasteiger partial charge in [-0.2, -0.15) is 0 Å². The van der Waals surface area contributed by atoms with Crippen molar-refractivity contribution in [3.8, 4) is 0 Å². The molecule has 0 aliphatic carbocycles. The number of hydrogen-bond acceptors (Lipinski definition) is 5. The number of rotatable bonds is 8. The molecule has 2 rings (SSSR count). The van der Waals surface area contributed by atoms with Crippen molar-refractivity contribution in [1.82, 2.24) is 5.32 Å². The van der Waals surface area contributed by atoms with Crippen LogP contribution in [0, 0.1) is 0 Å². The van der Waals surface area contributed by atoms with Gasteiger partial charge in [0.1, 0.15) is 0 Å². The lowest BCUT2D eigenvalue weighted by atomic mass is 10.2. The lowest BCUT2D eigenvalue weighted by Crippen LogP contribution is -2.18. The zero-order valence-corrected chi connectivity index (χ0v) is 11.5. The Morgan fingerprint density at radius 3 is 3.22 bits per heavy atom. The van der Waals surface area contributed by atoms with Gasteiger partial charge in [0.15, 0.2) is 0 Å². The fourth-order valence-corrected chi connectivity index (χ4v) is 2.75. The maximum Gasteiger partial charge on any atom is 0.0809 e. The fourth-order valence-electron chi connectivity index (χ4n) is 1.99. The predicted molar refractivity (Wildman–Crippen MR) is 74.8 cm³/mol. The van der Waals surface area contributed by atoms with Crippen LogP contribution in [0.3, 0.4) is 0 Å². The molecule has 1 aliphatic rings. The van der Waals surface area contributed by atoms with E-state index in [4.69, 9.17) is 15.2 Å². The van der Waals surface area contributed by atoms with Gasteiger partial charge in [-0.05, 0) is 37.3 Å². The topological polar surface area (TPSA) is 56.5 Å². The summed E-state index contributed by atoms with van der Waals surface area (Å²) in [5.74, 6) is 0. The van der Waals surface area contributed by atoms with Gasteiger partial charge in [-0.25, -0.2) is 0 Å². The Morgan fingerprint density at radius 1 is 1.56 bits per heavy atom. The van der Waals surface area contributed by atoms with Crippen molar-refractivity contribution in [3.05, 3.63) is 16.3 Å². The third-order valence-electron chi connectivity index (χ3n) is 3.04. The van der Waals surface area contributed by atoms with Gasteiger partial charge in [0.25, 0.3) is 0 Å². The first-order valence-electron chi connectivity index (χ1n) is 6.58. The molecule has 3 N–H and O–H groups in total. The van der Waals surface area contributed by atoms with Gasteiger partial charge in [0.2, 0.25) is 0 Å². The molecule has 1 aromatic heterocycles. The third kappa shape index (κ3) is 4.57. The van der Waals surface area contributed by atoms with Gasteiger partial charge in [-0.15, -0.1) is 11.3 Å². The smallest absolute Gasteiger partial charge is 0.0809 e. The van der Waals surface area contributed by atoms with E-state index < -0.39 is 0 Å². The second-order valence-corrected chi connectivity index (χ2v) is 5.54. The summed E-state index contributed by atoms with van der Waals surface area (Å²) in [5, 5.41) is 5.40. The van der Waals surface area contributed by atoms with E-state index in [-0.39, 0.29) is 0 Å². The first-order valence-corrected chi connectivity index (χ1v) is 7.46. The lowest BCUT2D eigenvalue weighted by molar-refractivity contribution is 0.0166. The Bertz CT molecular complexity index is 337. The van der Waals surface area contributed by atoms with Crippen LogP contribution in [-0.4, -0.2) is 32.5 Å². The summed E-state index contributed by atoms with van der Waals surface area (Å²) < 4.78 is 11.1. The van der Waals surface area contributed by atoms with E-state index >= 15 is 0 Å². The summed E-state index contributed by atoms with van der Waals surface area (Å²) in [7, 11) is 0. The van der Waals surface area contributed by atoms with E-state index in [0.29, 0.717) is 6.10 Å². The first kappa shape index (κ1) is 13.8. The molecular formula is C13H22N2O2S. The molecule has 1 unspecified atom stereocenters. The molecule has 1 aromatic rings. The van der Waals surface area contributed by atoms with Gasteiger partial charge >= 0.3 is 0 Å². The highest BCUT2D eigenvalue weighted by Gasteiger charge is 2.14. The molecule has 1 fully saturated rings. The summed E-state index contributed by atoms with van der Waals surface area (Å²) in [4.78, 5) is 1.22. The summed E-state index contributed by atoms with van der Waals surface area (Å²) in [6.07, 6.45) is 3.69. The molecule has 1 saturated heterocycles. The number of nitrogens with one attached hydrogen (secondary N) is 1. The minimum Gasteiger partial charge on any atom is -0.398 e. The number of ether oxygens (including phenoxy) is 2. The van der Waals surface area contributed by atoms with Crippen LogP contribution in [0.25, 0.3) is 0 Å². The molecule has 1 atom stereocenters. The highest BCUT2D eigenvalue weighted by atomic mass is 32.1. The number of hydrogen-bond donors (Lipinski definition) is 2. The average Bonchev–Trinajstić information content (AvgIpc) is 3.00. The SMILES string of the molecule is Nc1ccsc1CNCCCOCC1CCCO1. The zero-order valence-electron chi connectivity index (χ0n) is 10.7. The molecule has 18 heavy (non-hydrogen) atoms. The Balaban J connectivity index is 1.43. The van der Waals surface area contributed by atoms with E-state index in [2.05, 4.69) is 5.32 Å². The monoisotopic (exact) mass is 270 g/mol. The van der Waals surface area contributed by atoms with Gasteiger partial charge in [0, 0.05) is 30.3 Å². The number of thiophene rings is 1. The molecular weight excluding hydrogens is 248 g/mol. The maximum atomic E-state index is 5.80. The average molecular weight is 270 g/mol. The highest BCUT2D eigenvalue weighted by Crippen LogP contribution is 2.17. The number of anilines is 1. The second kappa shape index (κ2) is 7.74. The van der Waals surface area contributed by atoms with Gasteiger partial charge in [-0.3, -0.25) is 0 Å². The van der Waals surface area contributed by atoms with Crippen molar-refractivity contribution in [1.29, 1.82) is 0 Å². The molecule has 102 valence electrons. The van der Waals surface area contributed by atoms with Crippen LogP contribution in [0.2, 0.25) is 0 Å². The molecule has 0 amide bonds. The molecule has 4 nitrogen and oxygen atoms in total.